The summed E-state index contributed by atoms with van der Waals surface area (Å²) in [6.45, 7) is 7.54. The van der Waals surface area contributed by atoms with E-state index in [2.05, 4.69) is 124 Å². The van der Waals surface area contributed by atoms with Crippen molar-refractivity contribution in [2.24, 2.45) is 0 Å². The summed E-state index contributed by atoms with van der Waals surface area (Å²) in [5.41, 5.74) is 0. The SMILES string of the molecule is CC/C=C\C/C=C\C/C=C\C/C=C\C/C=C\C/C=C\CCC(=O)OCC(COCCCCCCCC/C=C\C/C=C\CCC)OC(=O)CCCCCCCCC/C=C\CCCCCCCC. The lowest BCUT2D eigenvalue weighted by Crippen LogP contribution is -2.30. The summed E-state index contributed by atoms with van der Waals surface area (Å²) in [4.78, 5) is 25.4. The van der Waals surface area contributed by atoms with Crippen molar-refractivity contribution in [2.75, 3.05) is 19.8 Å². The van der Waals surface area contributed by atoms with E-state index in [1.807, 2.05) is 6.08 Å². The van der Waals surface area contributed by atoms with Gasteiger partial charge in [-0.3, -0.25) is 9.59 Å². The molecular formula is C61H102O5. The molecule has 5 heteroatoms. The molecule has 0 bridgehead atoms. The van der Waals surface area contributed by atoms with Gasteiger partial charge >= 0.3 is 11.9 Å². The molecule has 0 spiro atoms. The second-order valence-corrected chi connectivity index (χ2v) is 17.7. The number of rotatable bonds is 49. The van der Waals surface area contributed by atoms with Crippen molar-refractivity contribution in [1.29, 1.82) is 0 Å². The average Bonchev–Trinajstić information content (AvgIpc) is 3.32. The van der Waals surface area contributed by atoms with Gasteiger partial charge in [-0.1, -0.05) is 226 Å². The quantitative estimate of drug-likeness (QED) is 0.0346. The molecule has 5 nitrogen and oxygen atoms in total. The first-order valence-corrected chi connectivity index (χ1v) is 27.4. The Morgan fingerprint density at radius 1 is 0.348 bits per heavy atom. The number of esters is 2. The predicted octanol–water partition coefficient (Wildman–Crippen LogP) is 18.8. The van der Waals surface area contributed by atoms with Crippen molar-refractivity contribution in [3.63, 3.8) is 0 Å². The Kier molecular flexibility index (Phi) is 53.0. The fraction of sp³-hybridized carbons (Fsp3) is 0.672. The highest BCUT2D eigenvalue weighted by Gasteiger charge is 2.17. The first-order valence-electron chi connectivity index (χ1n) is 27.4. The van der Waals surface area contributed by atoms with Gasteiger partial charge in [0.05, 0.1) is 6.61 Å². The number of allylic oxidation sites excluding steroid dienone is 18. The predicted molar refractivity (Wildman–Crippen MR) is 288 cm³/mol. The van der Waals surface area contributed by atoms with Crippen LogP contribution >= 0.6 is 0 Å². The van der Waals surface area contributed by atoms with E-state index in [4.69, 9.17) is 14.2 Å². The lowest BCUT2D eigenvalue weighted by molar-refractivity contribution is -0.162. The Morgan fingerprint density at radius 3 is 1.23 bits per heavy atom. The molecule has 0 saturated carbocycles. The van der Waals surface area contributed by atoms with Crippen LogP contribution in [0.3, 0.4) is 0 Å². The number of unbranched alkanes of at least 4 members (excludes halogenated alkanes) is 20. The maximum Gasteiger partial charge on any atom is 0.306 e. The lowest BCUT2D eigenvalue weighted by atomic mass is 10.1. The van der Waals surface area contributed by atoms with Gasteiger partial charge in [-0.2, -0.15) is 0 Å². The Hall–Kier alpha value is -3.44. The van der Waals surface area contributed by atoms with Gasteiger partial charge < -0.3 is 14.2 Å². The summed E-state index contributed by atoms with van der Waals surface area (Å²) in [5.74, 6) is -0.507. The molecule has 0 fully saturated rings. The van der Waals surface area contributed by atoms with E-state index in [0.717, 1.165) is 83.5 Å². The molecule has 0 aromatic rings. The molecule has 0 heterocycles. The van der Waals surface area contributed by atoms with Crippen molar-refractivity contribution < 1.29 is 23.8 Å². The van der Waals surface area contributed by atoms with Crippen molar-refractivity contribution in [2.45, 2.75) is 245 Å². The molecular weight excluding hydrogens is 813 g/mol. The highest BCUT2D eigenvalue weighted by atomic mass is 16.6. The summed E-state index contributed by atoms with van der Waals surface area (Å²) < 4.78 is 17.4. The molecule has 1 atom stereocenters. The van der Waals surface area contributed by atoms with Crippen molar-refractivity contribution in [3.8, 4) is 0 Å². The standard InChI is InChI=1S/C61H102O5/c1-4-7-10-13-16-19-22-25-28-30-31-33-34-36-39-42-45-48-51-54-60(62)65-58-59(57-64-56-53-50-47-44-41-38-27-24-21-18-15-12-9-6-3)66-61(63)55-52-49-46-43-40-37-35-32-29-26-23-20-17-14-11-8-5-2/h7,10,12,15-16,19,21,24-26,28-29,31,33,36,39,45,48,59H,4-6,8-9,11,13-14,17-18,20,22-23,27,30,32,34-35,37-38,40-44,46-47,49-58H2,1-3H3/b10-7-,15-12-,19-16-,24-21-,28-25-,29-26-,33-31-,39-36-,48-45-. The summed E-state index contributed by atoms with van der Waals surface area (Å²) >= 11 is 0. The normalized spacial score (nSPS) is 13.1. The zero-order valence-electron chi connectivity index (χ0n) is 43.2. The average molecular weight is 915 g/mol. The van der Waals surface area contributed by atoms with Crippen molar-refractivity contribution in [3.05, 3.63) is 109 Å². The van der Waals surface area contributed by atoms with E-state index in [0.29, 0.717) is 25.9 Å². The van der Waals surface area contributed by atoms with Gasteiger partial charge in [-0.15, -0.1) is 0 Å². The van der Waals surface area contributed by atoms with Crippen LogP contribution in [-0.4, -0.2) is 37.9 Å². The summed E-state index contributed by atoms with van der Waals surface area (Å²) in [5, 5.41) is 0. The summed E-state index contributed by atoms with van der Waals surface area (Å²) in [7, 11) is 0. The second kappa shape index (κ2) is 55.9. The number of hydrogen-bond acceptors (Lipinski definition) is 5. The lowest BCUT2D eigenvalue weighted by Gasteiger charge is -2.18. The molecule has 0 aromatic carbocycles. The van der Waals surface area contributed by atoms with Crippen LogP contribution in [0.15, 0.2) is 109 Å². The van der Waals surface area contributed by atoms with Crippen LogP contribution in [0.5, 0.6) is 0 Å². The third kappa shape index (κ3) is 53.2. The van der Waals surface area contributed by atoms with Gasteiger partial charge in [-0.25, -0.2) is 0 Å². The minimum Gasteiger partial charge on any atom is -0.462 e. The molecule has 0 N–H and O–H groups in total. The Bertz CT molecular complexity index is 1310. The van der Waals surface area contributed by atoms with E-state index >= 15 is 0 Å². The molecule has 0 saturated heterocycles. The molecule has 0 radical (unpaired) electrons. The molecule has 0 aliphatic rings. The van der Waals surface area contributed by atoms with Crippen molar-refractivity contribution >= 4 is 11.9 Å². The fourth-order valence-corrected chi connectivity index (χ4v) is 7.22. The van der Waals surface area contributed by atoms with Gasteiger partial charge in [0.15, 0.2) is 6.10 Å². The van der Waals surface area contributed by atoms with Crippen LogP contribution in [0.25, 0.3) is 0 Å². The number of hydrogen-bond donors (Lipinski definition) is 0. The van der Waals surface area contributed by atoms with Gasteiger partial charge in [-0.05, 0) is 109 Å². The highest BCUT2D eigenvalue weighted by Crippen LogP contribution is 2.13. The third-order valence-electron chi connectivity index (χ3n) is 11.3. The van der Waals surface area contributed by atoms with Crippen LogP contribution in [0.1, 0.15) is 239 Å². The van der Waals surface area contributed by atoms with E-state index in [9.17, 15) is 9.59 Å². The minimum absolute atomic E-state index is 0.0338. The maximum absolute atomic E-state index is 12.8. The number of carbonyl (C=O) groups excluding carboxylic acids is 2. The zero-order valence-corrected chi connectivity index (χ0v) is 43.2. The Labute approximate surface area is 408 Å². The molecule has 0 rings (SSSR count). The first kappa shape index (κ1) is 62.6. The molecule has 66 heavy (non-hydrogen) atoms. The number of ether oxygens (including phenoxy) is 3. The molecule has 0 aliphatic heterocycles. The fourth-order valence-electron chi connectivity index (χ4n) is 7.22. The first-order chi connectivity index (χ1) is 32.6. The van der Waals surface area contributed by atoms with Crippen LogP contribution in [0.2, 0.25) is 0 Å². The zero-order chi connectivity index (χ0) is 47.7. The van der Waals surface area contributed by atoms with Crippen LogP contribution in [-0.2, 0) is 23.8 Å². The van der Waals surface area contributed by atoms with Gasteiger partial charge in [0.25, 0.3) is 0 Å². The smallest absolute Gasteiger partial charge is 0.306 e. The van der Waals surface area contributed by atoms with E-state index in [1.165, 1.54) is 116 Å². The van der Waals surface area contributed by atoms with Gasteiger partial charge in [0, 0.05) is 19.4 Å². The van der Waals surface area contributed by atoms with E-state index in [-0.39, 0.29) is 25.2 Å². The summed E-state index contributed by atoms with van der Waals surface area (Å²) in [6, 6.07) is 0. The Balaban J connectivity index is 4.42. The summed E-state index contributed by atoms with van der Waals surface area (Å²) in [6.07, 6.45) is 76.8. The van der Waals surface area contributed by atoms with E-state index < -0.39 is 6.10 Å². The van der Waals surface area contributed by atoms with Crippen LogP contribution in [0.4, 0.5) is 0 Å². The molecule has 376 valence electrons. The monoisotopic (exact) mass is 915 g/mol. The second-order valence-electron chi connectivity index (χ2n) is 17.7. The molecule has 0 aliphatic carbocycles. The largest absolute Gasteiger partial charge is 0.462 e. The Morgan fingerprint density at radius 2 is 0.742 bits per heavy atom. The molecule has 0 amide bonds. The van der Waals surface area contributed by atoms with Gasteiger partial charge in [0.2, 0.25) is 0 Å². The molecule has 0 aromatic heterocycles. The van der Waals surface area contributed by atoms with Gasteiger partial charge in [0.1, 0.15) is 6.61 Å². The number of carbonyl (C=O) groups is 2. The van der Waals surface area contributed by atoms with Crippen molar-refractivity contribution in [1.82, 2.24) is 0 Å². The minimum atomic E-state index is -0.581. The molecule has 1 unspecified atom stereocenters. The van der Waals surface area contributed by atoms with Crippen LogP contribution < -0.4 is 0 Å². The third-order valence-corrected chi connectivity index (χ3v) is 11.3. The van der Waals surface area contributed by atoms with Crippen LogP contribution in [0, 0.1) is 0 Å². The van der Waals surface area contributed by atoms with E-state index in [1.54, 1.807) is 0 Å². The maximum atomic E-state index is 12.8. The topological polar surface area (TPSA) is 61.8 Å². The highest BCUT2D eigenvalue weighted by molar-refractivity contribution is 5.70.